The minimum Gasteiger partial charge on any atom is -0.412 e. The Morgan fingerprint density at radius 3 is 1.00 bits per heavy atom. The zero-order valence-electron chi connectivity index (χ0n) is 2.19. The summed E-state index contributed by atoms with van der Waals surface area (Å²) in [5.74, 6) is 0. The summed E-state index contributed by atoms with van der Waals surface area (Å²) in [5.41, 5.74) is 0. The van der Waals surface area contributed by atoms with E-state index in [1.165, 1.54) is 0 Å². The summed E-state index contributed by atoms with van der Waals surface area (Å²) in [6.07, 6.45) is 0. The van der Waals surface area contributed by atoms with Gasteiger partial charge in [-0.25, -0.2) is 0 Å². The Kier molecular flexibility index (Phi) is 286. The molecule has 0 aliphatic heterocycles. The van der Waals surface area contributed by atoms with Gasteiger partial charge in [-0.1, -0.05) is 0 Å². The van der Waals surface area contributed by atoms with Gasteiger partial charge in [-0.2, -0.15) is 0 Å². The van der Waals surface area contributed by atoms with Gasteiger partial charge in [0.1, 0.15) is 0 Å². The fourth-order valence-electron chi connectivity index (χ4n) is 0. The molecular weight excluding hydrogens is 103 g/mol. The van der Waals surface area contributed by atoms with Crippen molar-refractivity contribution in [1.82, 2.24) is 0 Å². The predicted octanol–water partition coefficient (Wildman–Crippen LogP) is -1.16. The first-order valence-electron chi connectivity index (χ1n) is 0. The van der Waals surface area contributed by atoms with E-state index < -0.39 is 0 Å². The largest absolute Gasteiger partial charge is 3.00 e. The van der Waals surface area contributed by atoms with E-state index in [9.17, 15) is 0 Å². The van der Waals surface area contributed by atoms with Crippen molar-refractivity contribution in [3.05, 3.63) is 0 Å². The molecule has 16 valence electrons. The molecule has 1 nitrogen and oxygen atoms in total. The summed E-state index contributed by atoms with van der Waals surface area (Å²) in [6, 6.07) is 0. The Morgan fingerprint density at radius 1 is 1.00 bits per heavy atom. The van der Waals surface area contributed by atoms with Crippen LogP contribution in [0, 0.1) is 0 Å². The molecule has 0 saturated carbocycles. The topological polar surface area (TPSA) is 31.5 Å². The predicted molar refractivity (Wildman–Crippen MR) is 22.4 cm³/mol. The van der Waals surface area contributed by atoms with Crippen LogP contribution >= 0.6 is 12.4 Å². The summed E-state index contributed by atoms with van der Waals surface area (Å²) < 4.78 is 0. The van der Waals surface area contributed by atoms with Gasteiger partial charge < -0.3 is 5.48 Å². The van der Waals surface area contributed by atoms with Gasteiger partial charge in [-0.05, 0) is 0 Å². The fourth-order valence-corrected chi connectivity index (χ4v) is 0. The second-order valence-electron chi connectivity index (χ2n) is 0. The molecule has 0 fully saturated rings. The van der Waals surface area contributed by atoms with Crippen LogP contribution in [0.15, 0.2) is 0 Å². The monoisotopic (exact) mass is 105 g/mol. The molecule has 4 heteroatoms. The molecule has 0 aromatic rings. The van der Waals surface area contributed by atoms with E-state index in [-0.39, 0.29) is 58.3 Å². The van der Waals surface area contributed by atoms with Crippen LogP contribution in [0.4, 0.5) is 0 Å². The number of rotatable bonds is 0. The molecule has 4 heavy (non-hydrogen) atoms. The van der Waals surface area contributed by atoms with E-state index in [1.54, 1.807) is 0 Å². The van der Waals surface area contributed by atoms with Crippen LogP contribution in [-0.4, -0.2) is 45.9 Å². The van der Waals surface area contributed by atoms with Gasteiger partial charge in [-0.15, -0.1) is 12.4 Å². The fraction of sp³-hybridized carbons (Fsp3) is 0. The summed E-state index contributed by atoms with van der Waals surface area (Å²) in [5, 5.41) is 0. The molecule has 0 amide bonds. The molecule has 0 atom stereocenters. The van der Waals surface area contributed by atoms with Crippen molar-refractivity contribution in [3.63, 3.8) is 0 Å². The SMILES string of the molecule is Cl.O.[Al+3].[Mg+2]. The van der Waals surface area contributed by atoms with Crippen molar-refractivity contribution < 1.29 is 5.48 Å². The Labute approximate surface area is 58.1 Å². The van der Waals surface area contributed by atoms with Crippen LogP contribution in [0.2, 0.25) is 0 Å². The quantitative estimate of drug-likeness (QED) is 0.348. The molecule has 0 radical (unpaired) electrons. The van der Waals surface area contributed by atoms with Crippen molar-refractivity contribution >= 4 is 52.8 Å². The van der Waals surface area contributed by atoms with Crippen LogP contribution < -0.4 is 0 Å². The molecule has 0 spiro atoms. The molecule has 0 heterocycles. The van der Waals surface area contributed by atoms with Crippen molar-refractivity contribution in [2.75, 3.05) is 0 Å². The van der Waals surface area contributed by atoms with Crippen molar-refractivity contribution in [1.29, 1.82) is 0 Å². The second-order valence-corrected chi connectivity index (χ2v) is 0. The normalized spacial score (nSPS) is 0. The standard InChI is InChI=1S/Al.ClH.Mg.H2O/h;1H;;1H2/q+3;;+2;. The summed E-state index contributed by atoms with van der Waals surface area (Å²) in [7, 11) is 0. The molecule has 2 N–H and O–H groups in total. The first-order valence-corrected chi connectivity index (χ1v) is 0. The Bertz CT molecular complexity index is 8.00. The van der Waals surface area contributed by atoms with E-state index in [0.29, 0.717) is 0 Å². The second kappa shape index (κ2) is 23.9. The number of hydrogen-bond acceptors (Lipinski definition) is 0. The van der Waals surface area contributed by atoms with Crippen LogP contribution in [0.25, 0.3) is 0 Å². The number of hydrogen-bond donors (Lipinski definition) is 0. The van der Waals surface area contributed by atoms with Gasteiger partial charge in [0.2, 0.25) is 0 Å². The maximum absolute atomic E-state index is 0. The van der Waals surface area contributed by atoms with E-state index in [0.717, 1.165) is 0 Å². The van der Waals surface area contributed by atoms with Gasteiger partial charge in [0.05, 0.1) is 0 Å². The van der Waals surface area contributed by atoms with E-state index in [2.05, 4.69) is 0 Å². The minimum absolute atomic E-state index is 0. The van der Waals surface area contributed by atoms with E-state index in [1.807, 2.05) is 0 Å². The third-order valence-corrected chi connectivity index (χ3v) is 0. The van der Waals surface area contributed by atoms with Crippen molar-refractivity contribution in [3.8, 4) is 0 Å². The summed E-state index contributed by atoms with van der Waals surface area (Å²) in [4.78, 5) is 0. The third-order valence-electron chi connectivity index (χ3n) is 0. The smallest absolute Gasteiger partial charge is 0.412 e. The van der Waals surface area contributed by atoms with Gasteiger partial charge in [0.25, 0.3) is 0 Å². The molecule has 0 aromatic heterocycles. The van der Waals surface area contributed by atoms with Crippen molar-refractivity contribution in [2.24, 2.45) is 0 Å². The van der Waals surface area contributed by atoms with E-state index >= 15 is 0 Å². The Balaban J connectivity index is 0. The molecule has 0 saturated heterocycles. The summed E-state index contributed by atoms with van der Waals surface area (Å²) >= 11 is 0. The average molecular weight is 106 g/mol. The molecule has 0 rings (SSSR count). The number of halogens is 1. The summed E-state index contributed by atoms with van der Waals surface area (Å²) in [6.45, 7) is 0. The molecule has 0 bridgehead atoms. The Hall–Kier alpha value is 1.55. The van der Waals surface area contributed by atoms with E-state index in [4.69, 9.17) is 0 Å². The zero-order chi connectivity index (χ0) is 0. The maximum atomic E-state index is 0. The third kappa shape index (κ3) is 9.61. The van der Waals surface area contributed by atoms with Crippen molar-refractivity contribution in [2.45, 2.75) is 0 Å². The van der Waals surface area contributed by atoms with Crippen LogP contribution in [0.3, 0.4) is 0 Å². The van der Waals surface area contributed by atoms with Gasteiger partial charge in [0.15, 0.2) is 0 Å². The molecule has 0 aromatic carbocycles. The maximum Gasteiger partial charge on any atom is 3.00 e. The van der Waals surface area contributed by atoms with Crippen LogP contribution in [-0.2, 0) is 0 Å². The Morgan fingerprint density at radius 2 is 1.00 bits per heavy atom. The van der Waals surface area contributed by atoms with Gasteiger partial charge in [0, 0.05) is 0 Å². The zero-order valence-corrected chi connectivity index (χ0v) is 5.58. The van der Waals surface area contributed by atoms with Gasteiger partial charge in [-0.3, -0.25) is 0 Å². The molecule has 0 aliphatic rings. The minimum atomic E-state index is 0. The average Bonchev–Trinajstić information content (AvgIpc) is 0. The van der Waals surface area contributed by atoms with Crippen LogP contribution in [0.1, 0.15) is 0 Å². The molecule has 0 unspecified atom stereocenters. The van der Waals surface area contributed by atoms with Crippen LogP contribution in [0.5, 0.6) is 0 Å². The first kappa shape index (κ1) is 47.9. The molecular formula is H3AlClMgO+5. The first-order chi connectivity index (χ1) is 0. The molecule has 0 aliphatic carbocycles. The van der Waals surface area contributed by atoms with Gasteiger partial charge >= 0.3 is 40.4 Å².